The van der Waals surface area contributed by atoms with Crippen LogP contribution in [0.25, 0.3) is 0 Å². The van der Waals surface area contributed by atoms with Crippen molar-refractivity contribution in [2.75, 3.05) is 26.3 Å². The normalized spacial score (nSPS) is 11.4. The molecule has 0 aliphatic carbocycles. The van der Waals surface area contributed by atoms with Gasteiger partial charge in [0.1, 0.15) is 5.75 Å². The van der Waals surface area contributed by atoms with Crippen molar-refractivity contribution in [2.45, 2.75) is 26.8 Å². The van der Waals surface area contributed by atoms with E-state index in [1.54, 1.807) is 12.1 Å². The monoisotopic (exact) mass is 279 g/mol. The molecule has 0 aliphatic rings. The zero-order valence-electron chi connectivity index (χ0n) is 12.4. The van der Waals surface area contributed by atoms with Crippen LogP contribution in [0.15, 0.2) is 29.3 Å². The van der Waals surface area contributed by atoms with E-state index in [4.69, 9.17) is 4.74 Å². The van der Waals surface area contributed by atoms with Crippen molar-refractivity contribution in [3.8, 4) is 5.75 Å². The summed E-state index contributed by atoms with van der Waals surface area (Å²) < 4.78 is 5.29. The summed E-state index contributed by atoms with van der Waals surface area (Å²) in [7, 11) is 0. The van der Waals surface area contributed by atoms with Gasteiger partial charge < -0.3 is 20.5 Å². The third kappa shape index (κ3) is 6.99. The first-order valence-electron chi connectivity index (χ1n) is 7.14. The largest absolute Gasteiger partial charge is 0.508 e. The van der Waals surface area contributed by atoms with Crippen molar-refractivity contribution in [3.63, 3.8) is 0 Å². The van der Waals surface area contributed by atoms with Crippen LogP contribution in [0.5, 0.6) is 5.75 Å². The first-order chi connectivity index (χ1) is 9.76. The van der Waals surface area contributed by atoms with Crippen LogP contribution in [0, 0.1) is 0 Å². The first-order valence-corrected chi connectivity index (χ1v) is 7.14. The highest BCUT2D eigenvalue weighted by molar-refractivity contribution is 5.79. The Kier molecular flexibility index (Phi) is 8.22. The van der Waals surface area contributed by atoms with Crippen molar-refractivity contribution < 1.29 is 9.84 Å². The predicted octanol–water partition coefficient (Wildman–Crippen LogP) is 1.87. The molecule has 0 fully saturated rings. The minimum absolute atomic E-state index is 0.277. The fraction of sp³-hybridized carbons (Fsp3) is 0.533. The van der Waals surface area contributed by atoms with Gasteiger partial charge in [0.05, 0.1) is 6.54 Å². The van der Waals surface area contributed by atoms with Gasteiger partial charge in [0.15, 0.2) is 5.96 Å². The van der Waals surface area contributed by atoms with Gasteiger partial charge in [0.2, 0.25) is 0 Å². The second kappa shape index (κ2) is 10.1. The summed E-state index contributed by atoms with van der Waals surface area (Å²) in [6.45, 7) is 7.81. The molecule has 0 unspecified atom stereocenters. The third-order valence-electron chi connectivity index (χ3n) is 2.66. The maximum absolute atomic E-state index is 9.23. The molecule has 1 rings (SSSR count). The number of nitrogens with zero attached hydrogens (tertiary/aromatic N) is 1. The minimum atomic E-state index is 0.277. The number of phenolic OH excluding ortho intramolecular Hbond substituents is 1. The fourth-order valence-electron chi connectivity index (χ4n) is 1.64. The van der Waals surface area contributed by atoms with Gasteiger partial charge in [0.25, 0.3) is 0 Å². The van der Waals surface area contributed by atoms with Gasteiger partial charge in [-0.1, -0.05) is 12.1 Å². The Morgan fingerprint density at radius 1 is 1.20 bits per heavy atom. The molecule has 0 atom stereocenters. The summed E-state index contributed by atoms with van der Waals surface area (Å²) in [6, 6.07) is 7.09. The van der Waals surface area contributed by atoms with E-state index in [1.807, 2.05) is 26.0 Å². The number of hydrogen-bond acceptors (Lipinski definition) is 3. The number of aliphatic imine (C=N–C) groups is 1. The van der Waals surface area contributed by atoms with E-state index in [0.717, 1.165) is 44.2 Å². The standard InChI is InChI=1S/C15H25N3O2/c1-3-16-15(17-10-5-11-20-4-2)18-12-13-6-8-14(19)9-7-13/h6-9,19H,3-5,10-12H2,1-2H3,(H2,16,17,18). The van der Waals surface area contributed by atoms with Crippen LogP contribution in [-0.2, 0) is 11.3 Å². The quantitative estimate of drug-likeness (QED) is 0.386. The van der Waals surface area contributed by atoms with Crippen molar-refractivity contribution in [3.05, 3.63) is 29.8 Å². The highest BCUT2D eigenvalue weighted by Gasteiger charge is 1.97. The maximum atomic E-state index is 9.23. The summed E-state index contributed by atoms with van der Waals surface area (Å²) in [5.74, 6) is 1.08. The Labute approximate surface area is 121 Å². The molecule has 5 nitrogen and oxygen atoms in total. The molecule has 0 saturated heterocycles. The highest BCUT2D eigenvalue weighted by Crippen LogP contribution is 2.10. The van der Waals surface area contributed by atoms with E-state index in [2.05, 4.69) is 15.6 Å². The van der Waals surface area contributed by atoms with Crippen molar-refractivity contribution in [2.24, 2.45) is 4.99 Å². The van der Waals surface area contributed by atoms with Crippen molar-refractivity contribution in [1.82, 2.24) is 10.6 Å². The molecule has 20 heavy (non-hydrogen) atoms. The van der Waals surface area contributed by atoms with Crippen LogP contribution in [0.1, 0.15) is 25.8 Å². The van der Waals surface area contributed by atoms with Crippen LogP contribution in [0.2, 0.25) is 0 Å². The van der Waals surface area contributed by atoms with E-state index >= 15 is 0 Å². The van der Waals surface area contributed by atoms with Gasteiger partial charge >= 0.3 is 0 Å². The Morgan fingerprint density at radius 2 is 1.95 bits per heavy atom. The van der Waals surface area contributed by atoms with Crippen LogP contribution in [-0.4, -0.2) is 37.4 Å². The smallest absolute Gasteiger partial charge is 0.191 e. The molecular formula is C15H25N3O2. The molecule has 0 radical (unpaired) electrons. The van der Waals surface area contributed by atoms with E-state index in [-0.39, 0.29) is 5.75 Å². The minimum Gasteiger partial charge on any atom is -0.508 e. The van der Waals surface area contributed by atoms with Gasteiger partial charge in [0, 0.05) is 26.3 Å². The number of ether oxygens (including phenoxy) is 1. The number of phenols is 1. The molecule has 0 spiro atoms. The van der Waals surface area contributed by atoms with E-state index in [1.165, 1.54) is 0 Å². The van der Waals surface area contributed by atoms with Gasteiger partial charge in [-0.3, -0.25) is 0 Å². The van der Waals surface area contributed by atoms with Crippen molar-refractivity contribution >= 4 is 5.96 Å². The molecule has 1 aromatic carbocycles. The van der Waals surface area contributed by atoms with Gasteiger partial charge in [-0.2, -0.15) is 0 Å². The average molecular weight is 279 g/mol. The molecule has 3 N–H and O–H groups in total. The van der Waals surface area contributed by atoms with Gasteiger partial charge in [-0.25, -0.2) is 4.99 Å². The van der Waals surface area contributed by atoms with Crippen LogP contribution in [0.3, 0.4) is 0 Å². The Hall–Kier alpha value is -1.75. The Bertz CT molecular complexity index is 391. The topological polar surface area (TPSA) is 65.9 Å². The van der Waals surface area contributed by atoms with Crippen LogP contribution >= 0.6 is 0 Å². The lowest BCUT2D eigenvalue weighted by molar-refractivity contribution is 0.145. The molecule has 0 aliphatic heterocycles. The summed E-state index contributed by atoms with van der Waals surface area (Å²) in [6.07, 6.45) is 0.956. The van der Waals surface area contributed by atoms with E-state index in [9.17, 15) is 5.11 Å². The molecule has 0 amide bonds. The molecular weight excluding hydrogens is 254 g/mol. The molecule has 0 heterocycles. The van der Waals surface area contributed by atoms with Crippen molar-refractivity contribution in [1.29, 1.82) is 0 Å². The summed E-state index contributed by atoms with van der Waals surface area (Å²) in [5.41, 5.74) is 1.06. The summed E-state index contributed by atoms with van der Waals surface area (Å²) in [5, 5.41) is 15.7. The highest BCUT2D eigenvalue weighted by atomic mass is 16.5. The lowest BCUT2D eigenvalue weighted by Crippen LogP contribution is -2.38. The van der Waals surface area contributed by atoms with Crippen LogP contribution in [0.4, 0.5) is 0 Å². The first kappa shape index (κ1) is 16.3. The molecule has 0 bridgehead atoms. The molecule has 0 saturated carbocycles. The summed E-state index contributed by atoms with van der Waals surface area (Å²) >= 11 is 0. The fourth-order valence-corrected chi connectivity index (χ4v) is 1.64. The lowest BCUT2D eigenvalue weighted by atomic mass is 10.2. The lowest BCUT2D eigenvalue weighted by Gasteiger charge is -2.11. The number of benzene rings is 1. The molecule has 112 valence electrons. The molecule has 0 aromatic heterocycles. The van der Waals surface area contributed by atoms with Crippen LogP contribution < -0.4 is 10.6 Å². The zero-order valence-corrected chi connectivity index (χ0v) is 12.4. The SMILES string of the molecule is CCNC(=NCc1ccc(O)cc1)NCCCOCC. The number of nitrogens with one attached hydrogen (secondary N) is 2. The average Bonchev–Trinajstić information content (AvgIpc) is 2.46. The number of aromatic hydroxyl groups is 1. The third-order valence-corrected chi connectivity index (χ3v) is 2.66. The van der Waals surface area contributed by atoms with E-state index < -0.39 is 0 Å². The Morgan fingerprint density at radius 3 is 2.60 bits per heavy atom. The summed E-state index contributed by atoms with van der Waals surface area (Å²) in [4.78, 5) is 4.50. The predicted molar refractivity (Wildman–Crippen MR) is 82.0 cm³/mol. The Balaban J connectivity index is 2.39. The van der Waals surface area contributed by atoms with Gasteiger partial charge in [-0.05, 0) is 38.0 Å². The zero-order chi connectivity index (χ0) is 14.6. The number of hydrogen-bond donors (Lipinski definition) is 3. The molecule has 1 aromatic rings. The van der Waals surface area contributed by atoms with E-state index in [0.29, 0.717) is 6.54 Å². The second-order valence-corrected chi connectivity index (χ2v) is 4.34. The number of rotatable bonds is 8. The second-order valence-electron chi connectivity index (χ2n) is 4.34. The van der Waals surface area contributed by atoms with Gasteiger partial charge in [-0.15, -0.1) is 0 Å². The maximum Gasteiger partial charge on any atom is 0.191 e. The number of guanidine groups is 1. The molecule has 5 heteroatoms.